The number of methoxy groups -OCH3 is 1. The van der Waals surface area contributed by atoms with Gasteiger partial charge >= 0.3 is 12.1 Å². The number of amides is 2. The first-order valence-corrected chi connectivity index (χ1v) is 16.9. The van der Waals surface area contributed by atoms with E-state index in [-0.39, 0.29) is 34.5 Å². The predicted octanol–water partition coefficient (Wildman–Crippen LogP) is 7.11. The molecule has 1 aliphatic rings. The molecular formula is C37H37N5O7S. The average molecular weight is 696 g/mol. The first kappa shape index (κ1) is 34.2. The molecule has 0 radical (unpaired) electrons. The monoisotopic (exact) mass is 695 g/mol. The van der Waals surface area contributed by atoms with E-state index in [2.05, 4.69) is 15.6 Å². The van der Waals surface area contributed by atoms with Crippen LogP contribution in [0.3, 0.4) is 0 Å². The number of carbonyl (C=O) groups excluding carboxylic acids is 4. The number of imidazole rings is 1. The highest BCUT2D eigenvalue weighted by Crippen LogP contribution is 2.44. The molecule has 0 bridgehead atoms. The maximum absolute atomic E-state index is 14.3. The maximum Gasteiger partial charge on any atom is 0.421 e. The SMILES string of the molecule is COC(=O)c1cc(C(=O)NCC(C)C)ccc1-c1cc2c(cc1C(=O)Nc1ccc3nc(N)n(C(=O)OC(C)(C)C)c3c1)-c1cscc1CO2. The van der Waals surface area contributed by atoms with Crippen molar-refractivity contribution in [1.82, 2.24) is 14.9 Å². The van der Waals surface area contributed by atoms with E-state index in [0.717, 1.165) is 21.3 Å². The number of anilines is 2. The third kappa shape index (κ3) is 6.77. The van der Waals surface area contributed by atoms with Crippen LogP contribution in [0.15, 0.2) is 59.3 Å². The molecule has 50 heavy (non-hydrogen) atoms. The number of nitrogens with zero attached hydrogens (tertiary/aromatic N) is 2. The van der Waals surface area contributed by atoms with Crippen LogP contribution in [-0.4, -0.2) is 52.7 Å². The minimum atomic E-state index is -0.778. The molecule has 2 aromatic heterocycles. The number of aromatic nitrogens is 2. The Hall–Kier alpha value is -5.69. The summed E-state index contributed by atoms with van der Waals surface area (Å²) in [5, 5.41) is 9.80. The smallest absolute Gasteiger partial charge is 0.421 e. The number of nitrogens with one attached hydrogen (secondary N) is 2. The molecule has 5 aromatic rings. The Morgan fingerprint density at radius 2 is 1.74 bits per heavy atom. The summed E-state index contributed by atoms with van der Waals surface area (Å²) < 4.78 is 17.9. The van der Waals surface area contributed by atoms with Gasteiger partial charge in [-0.05, 0) is 91.0 Å². The molecule has 0 spiro atoms. The van der Waals surface area contributed by atoms with Crippen LogP contribution in [0, 0.1) is 5.92 Å². The summed E-state index contributed by atoms with van der Waals surface area (Å²) in [6, 6.07) is 13.0. The number of thiophene rings is 1. The van der Waals surface area contributed by atoms with Crippen molar-refractivity contribution in [1.29, 1.82) is 0 Å². The zero-order valence-electron chi connectivity index (χ0n) is 28.5. The molecule has 12 nitrogen and oxygen atoms in total. The third-order valence-corrected chi connectivity index (χ3v) is 8.73. The Bertz CT molecular complexity index is 2180. The van der Waals surface area contributed by atoms with Gasteiger partial charge in [-0.25, -0.2) is 19.1 Å². The predicted molar refractivity (Wildman–Crippen MR) is 192 cm³/mol. The van der Waals surface area contributed by atoms with Gasteiger partial charge in [-0.2, -0.15) is 11.3 Å². The quantitative estimate of drug-likeness (QED) is 0.151. The minimum absolute atomic E-state index is 0.0575. The summed E-state index contributed by atoms with van der Waals surface area (Å²) in [6.07, 6.45) is -0.707. The van der Waals surface area contributed by atoms with E-state index in [1.165, 1.54) is 24.5 Å². The lowest BCUT2D eigenvalue weighted by atomic mass is 9.89. The average Bonchev–Trinajstić information content (AvgIpc) is 3.68. The van der Waals surface area contributed by atoms with Crippen molar-refractivity contribution in [3.63, 3.8) is 0 Å². The van der Waals surface area contributed by atoms with Crippen molar-refractivity contribution in [2.24, 2.45) is 5.92 Å². The molecule has 6 rings (SSSR count). The van der Waals surface area contributed by atoms with E-state index in [1.807, 2.05) is 24.6 Å². The van der Waals surface area contributed by atoms with E-state index >= 15 is 0 Å². The van der Waals surface area contributed by atoms with E-state index in [9.17, 15) is 19.2 Å². The normalized spacial score (nSPS) is 12.1. The second-order valence-corrected chi connectivity index (χ2v) is 14.0. The second-order valence-electron chi connectivity index (χ2n) is 13.3. The molecule has 2 amide bonds. The largest absolute Gasteiger partial charge is 0.488 e. The lowest BCUT2D eigenvalue weighted by Gasteiger charge is -2.22. The van der Waals surface area contributed by atoms with Crippen LogP contribution in [0.4, 0.5) is 16.4 Å². The zero-order chi connectivity index (χ0) is 35.9. The molecule has 13 heteroatoms. The van der Waals surface area contributed by atoms with E-state index in [1.54, 1.807) is 63.2 Å². The zero-order valence-corrected chi connectivity index (χ0v) is 29.3. The van der Waals surface area contributed by atoms with Crippen molar-refractivity contribution in [3.05, 3.63) is 81.5 Å². The number of carbonyl (C=O) groups is 4. The standard InChI is InChI=1S/C37H37N5O7S/c1-19(2)15-39-32(43)20-7-9-23(27(11-20)34(45)47-6)24-14-31-25(28-18-50-17-21(28)16-48-31)13-26(24)33(44)40-22-8-10-29-30(12-22)42(35(38)41-29)36(46)49-37(3,4)5/h7-14,17-19H,15-16H2,1-6H3,(H2,38,41)(H,39,43)(H,40,44). The van der Waals surface area contributed by atoms with Gasteiger partial charge in [0, 0.05) is 40.0 Å². The Morgan fingerprint density at radius 3 is 2.46 bits per heavy atom. The molecular weight excluding hydrogens is 659 g/mol. The number of rotatable bonds is 7. The number of esters is 1. The summed E-state index contributed by atoms with van der Waals surface area (Å²) in [5.41, 5.74) is 10.5. The number of ether oxygens (including phenoxy) is 3. The fraction of sp³-hybridized carbons (Fsp3) is 0.270. The van der Waals surface area contributed by atoms with E-state index in [4.69, 9.17) is 19.9 Å². The Kier molecular flexibility index (Phi) is 9.10. The topological polar surface area (TPSA) is 164 Å². The Labute approximate surface area is 292 Å². The Morgan fingerprint density at radius 1 is 0.960 bits per heavy atom. The van der Waals surface area contributed by atoms with Crippen LogP contribution in [0.2, 0.25) is 0 Å². The highest BCUT2D eigenvalue weighted by molar-refractivity contribution is 7.08. The molecule has 0 saturated heterocycles. The van der Waals surface area contributed by atoms with Crippen LogP contribution in [0.1, 0.15) is 71.3 Å². The van der Waals surface area contributed by atoms with Gasteiger partial charge in [0.1, 0.15) is 18.0 Å². The van der Waals surface area contributed by atoms with Crippen LogP contribution in [-0.2, 0) is 16.1 Å². The first-order valence-electron chi connectivity index (χ1n) is 15.9. The van der Waals surface area contributed by atoms with E-state index in [0.29, 0.717) is 46.7 Å². The molecule has 0 aliphatic carbocycles. The number of nitrogens with two attached hydrogens (primary N) is 1. The van der Waals surface area contributed by atoms with Gasteiger partial charge < -0.3 is 30.6 Å². The fourth-order valence-electron chi connectivity index (χ4n) is 5.62. The van der Waals surface area contributed by atoms with Crippen LogP contribution >= 0.6 is 11.3 Å². The van der Waals surface area contributed by atoms with Gasteiger partial charge in [0.2, 0.25) is 5.95 Å². The third-order valence-electron chi connectivity index (χ3n) is 7.94. The van der Waals surface area contributed by atoms with Crippen LogP contribution in [0.25, 0.3) is 33.3 Å². The van der Waals surface area contributed by atoms with Crippen molar-refractivity contribution in [2.75, 3.05) is 24.7 Å². The number of hydrogen-bond acceptors (Lipinski definition) is 10. The van der Waals surface area contributed by atoms with Crippen molar-refractivity contribution >= 4 is 57.9 Å². The van der Waals surface area contributed by atoms with Gasteiger partial charge in [0.15, 0.2) is 0 Å². The van der Waals surface area contributed by atoms with Gasteiger partial charge in [-0.1, -0.05) is 19.9 Å². The highest BCUT2D eigenvalue weighted by Gasteiger charge is 2.28. The van der Waals surface area contributed by atoms with Crippen molar-refractivity contribution < 1.29 is 33.4 Å². The van der Waals surface area contributed by atoms with Crippen LogP contribution in [0.5, 0.6) is 5.75 Å². The summed E-state index contributed by atoms with van der Waals surface area (Å²) in [5.74, 6) is -0.811. The maximum atomic E-state index is 14.3. The van der Waals surface area contributed by atoms with Gasteiger partial charge in [0.25, 0.3) is 11.8 Å². The number of hydrogen-bond donors (Lipinski definition) is 3. The van der Waals surface area contributed by atoms with Gasteiger partial charge in [-0.3, -0.25) is 9.59 Å². The Balaban J connectivity index is 1.45. The molecule has 0 saturated carbocycles. The van der Waals surface area contributed by atoms with Gasteiger partial charge in [-0.15, -0.1) is 0 Å². The second kappa shape index (κ2) is 13.3. The molecule has 258 valence electrons. The molecule has 0 unspecified atom stereocenters. The lowest BCUT2D eigenvalue weighted by molar-refractivity contribution is 0.0545. The summed E-state index contributed by atoms with van der Waals surface area (Å²) in [7, 11) is 1.25. The molecule has 0 atom stereocenters. The lowest BCUT2D eigenvalue weighted by Crippen LogP contribution is -2.27. The van der Waals surface area contributed by atoms with Gasteiger partial charge in [0.05, 0.1) is 23.7 Å². The molecule has 0 fully saturated rings. The van der Waals surface area contributed by atoms with Crippen molar-refractivity contribution in [3.8, 4) is 28.0 Å². The van der Waals surface area contributed by atoms with E-state index < -0.39 is 23.6 Å². The molecule has 3 heterocycles. The highest BCUT2D eigenvalue weighted by atomic mass is 32.1. The summed E-state index contributed by atoms with van der Waals surface area (Å²) in [4.78, 5) is 57.8. The fourth-order valence-corrected chi connectivity index (χ4v) is 6.46. The van der Waals surface area contributed by atoms with Crippen molar-refractivity contribution in [2.45, 2.75) is 46.8 Å². The first-order chi connectivity index (χ1) is 23.7. The number of fused-ring (bicyclic) bond motifs is 4. The molecule has 4 N–H and O–H groups in total. The van der Waals surface area contributed by atoms with Crippen LogP contribution < -0.4 is 21.1 Å². The summed E-state index contributed by atoms with van der Waals surface area (Å²) in [6.45, 7) is 10.0. The summed E-state index contributed by atoms with van der Waals surface area (Å²) >= 11 is 1.53. The minimum Gasteiger partial charge on any atom is -0.488 e. The molecule has 3 aromatic carbocycles. The molecule has 1 aliphatic heterocycles. The number of benzene rings is 3. The number of nitrogen functional groups attached to an aromatic ring is 1.